The van der Waals surface area contributed by atoms with E-state index < -0.39 is 31.1 Å². The molecule has 10 heteroatoms. The molecule has 0 bridgehead atoms. The van der Waals surface area contributed by atoms with E-state index in [4.69, 9.17) is 10.5 Å². The summed E-state index contributed by atoms with van der Waals surface area (Å²) in [6.07, 6.45) is -1.03. The predicted octanol–water partition coefficient (Wildman–Crippen LogP) is 0.0647. The van der Waals surface area contributed by atoms with E-state index >= 15 is 0 Å². The van der Waals surface area contributed by atoms with Gasteiger partial charge in [-0.1, -0.05) is 30.3 Å². The number of nitrogens with two attached hydrogens (primary N) is 1. The minimum atomic E-state index is -1.23. The third-order valence-corrected chi connectivity index (χ3v) is 5.01. The number of aromatic nitrogens is 4. The summed E-state index contributed by atoms with van der Waals surface area (Å²) in [5, 5.41) is 32.7. The predicted molar refractivity (Wildman–Crippen MR) is 106 cm³/mol. The van der Waals surface area contributed by atoms with Crippen LogP contribution in [-0.2, 0) is 11.2 Å². The van der Waals surface area contributed by atoms with Crippen molar-refractivity contribution in [2.24, 2.45) is 0 Å². The van der Waals surface area contributed by atoms with Gasteiger partial charge in [0, 0.05) is 6.54 Å². The number of fused-ring (bicyclic) bond motifs is 1. The fraction of sp³-hybridized carbons (Fsp3) is 0.421. The molecule has 10 nitrogen and oxygen atoms in total. The highest BCUT2D eigenvalue weighted by Gasteiger charge is 2.44. The van der Waals surface area contributed by atoms with E-state index in [9.17, 15) is 15.3 Å². The second-order valence-corrected chi connectivity index (χ2v) is 7.00. The van der Waals surface area contributed by atoms with Crippen molar-refractivity contribution >= 4 is 22.9 Å². The van der Waals surface area contributed by atoms with Gasteiger partial charge < -0.3 is 31.1 Å². The maximum absolute atomic E-state index is 10.3. The van der Waals surface area contributed by atoms with Crippen molar-refractivity contribution in [1.82, 2.24) is 19.5 Å². The van der Waals surface area contributed by atoms with Crippen molar-refractivity contribution in [2.75, 3.05) is 24.2 Å². The van der Waals surface area contributed by atoms with Crippen LogP contribution in [0.25, 0.3) is 11.2 Å². The normalized spacial score (nSPS) is 24.2. The Labute approximate surface area is 167 Å². The van der Waals surface area contributed by atoms with Crippen LogP contribution in [0.5, 0.6) is 0 Å². The average Bonchev–Trinajstić information content (AvgIpc) is 3.28. The molecule has 0 saturated carbocycles. The Kier molecular flexibility index (Phi) is 5.58. The number of hydrogen-bond acceptors (Lipinski definition) is 9. The van der Waals surface area contributed by atoms with E-state index in [0.29, 0.717) is 23.7 Å². The number of nitrogen functional groups attached to an aromatic ring is 1. The molecule has 1 saturated heterocycles. The summed E-state index contributed by atoms with van der Waals surface area (Å²) < 4.78 is 7.06. The summed E-state index contributed by atoms with van der Waals surface area (Å²) in [5.74, 6) is 0.544. The summed E-state index contributed by atoms with van der Waals surface area (Å²) >= 11 is 0. The second-order valence-electron chi connectivity index (χ2n) is 7.00. The number of ether oxygens (including phenoxy) is 1. The molecule has 3 aromatic rings. The van der Waals surface area contributed by atoms with Gasteiger partial charge in [-0.3, -0.25) is 4.57 Å². The van der Waals surface area contributed by atoms with Crippen LogP contribution in [0.1, 0.15) is 18.2 Å². The van der Waals surface area contributed by atoms with Crippen LogP contribution >= 0.6 is 0 Å². The van der Waals surface area contributed by atoms with Crippen molar-refractivity contribution in [3.8, 4) is 0 Å². The fourth-order valence-corrected chi connectivity index (χ4v) is 3.45. The maximum atomic E-state index is 10.3. The lowest BCUT2D eigenvalue weighted by Gasteiger charge is -2.16. The first-order chi connectivity index (χ1) is 14.1. The van der Waals surface area contributed by atoms with Crippen molar-refractivity contribution in [3.63, 3.8) is 0 Å². The van der Waals surface area contributed by atoms with Crippen LogP contribution in [0.15, 0.2) is 36.7 Å². The summed E-state index contributed by atoms with van der Waals surface area (Å²) in [5.41, 5.74) is 8.02. The number of imidazole rings is 1. The van der Waals surface area contributed by atoms with Crippen LogP contribution in [0.4, 0.5) is 11.8 Å². The molecule has 4 atom stereocenters. The topological polar surface area (TPSA) is 152 Å². The standard InChI is InChI=1S/C19H24N6O4/c20-16-13-17(25(10-22-13)18-15(28)14(27)12(9-26)29-18)24-19(23-16)21-8-4-7-11-5-2-1-3-6-11/h1-3,5-6,10,12,14-15,18,26-28H,4,7-9H2,(H3,20,21,23,24)/t12-,14-,15-,18?/m1/s1. The van der Waals surface area contributed by atoms with Crippen molar-refractivity contribution in [2.45, 2.75) is 37.4 Å². The molecule has 1 aromatic carbocycles. The summed E-state index contributed by atoms with van der Waals surface area (Å²) in [6, 6.07) is 10.2. The Balaban J connectivity index is 1.49. The SMILES string of the molecule is Nc1nc(NCCCc2ccccc2)nc2c1ncn2C1O[C@H](CO)[C@@H](O)[C@H]1O. The van der Waals surface area contributed by atoms with Gasteiger partial charge in [0.05, 0.1) is 12.9 Å². The number of nitrogens with one attached hydrogen (secondary N) is 1. The number of anilines is 2. The number of nitrogens with zero attached hydrogens (tertiary/aromatic N) is 4. The number of hydrogen-bond donors (Lipinski definition) is 5. The maximum Gasteiger partial charge on any atom is 0.226 e. The van der Waals surface area contributed by atoms with E-state index in [0.717, 1.165) is 12.8 Å². The number of aliphatic hydroxyl groups excluding tert-OH is 3. The average molecular weight is 400 g/mol. The molecule has 0 spiro atoms. The minimum absolute atomic E-state index is 0.200. The van der Waals surface area contributed by atoms with Crippen LogP contribution in [-0.4, -0.2) is 66.3 Å². The Hall–Kier alpha value is -2.79. The molecule has 29 heavy (non-hydrogen) atoms. The molecule has 2 aromatic heterocycles. The first-order valence-electron chi connectivity index (χ1n) is 9.48. The first-order valence-corrected chi connectivity index (χ1v) is 9.48. The van der Waals surface area contributed by atoms with Gasteiger partial charge in [0.25, 0.3) is 0 Å². The van der Waals surface area contributed by atoms with Crippen LogP contribution in [0, 0.1) is 0 Å². The smallest absolute Gasteiger partial charge is 0.226 e. The first kappa shape index (κ1) is 19.5. The number of aliphatic hydroxyl groups is 3. The molecule has 6 N–H and O–H groups in total. The largest absolute Gasteiger partial charge is 0.394 e. The van der Waals surface area contributed by atoms with Crippen LogP contribution in [0.2, 0.25) is 0 Å². The molecular formula is C19H24N6O4. The molecule has 1 aliphatic heterocycles. The van der Waals surface area contributed by atoms with Gasteiger partial charge in [-0.2, -0.15) is 9.97 Å². The van der Waals surface area contributed by atoms with Crippen molar-refractivity contribution in [3.05, 3.63) is 42.2 Å². The zero-order valence-electron chi connectivity index (χ0n) is 15.7. The Morgan fingerprint density at radius 1 is 1.14 bits per heavy atom. The molecule has 3 heterocycles. The Morgan fingerprint density at radius 3 is 2.66 bits per heavy atom. The number of rotatable bonds is 7. The Bertz CT molecular complexity index is 966. The van der Waals surface area contributed by atoms with E-state index in [1.165, 1.54) is 16.5 Å². The van der Waals surface area contributed by atoms with Gasteiger partial charge >= 0.3 is 0 Å². The van der Waals surface area contributed by atoms with Gasteiger partial charge in [-0.15, -0.1) is 0 Å². The van der Waals surface area contributed by atoms with Gasteiger partial charge in [0.15, 0.2) is 17.7 Å². The third-order valence-electron chi connectivity index (χ3n) is 5.01. The van der Waals surface area contributed by atoms with E-state index in [1.54, 1.807) is 0 Å². The molecule has 1 aliphatic rings. The quantitative estimate of drug-likeness (QED) is 0.347. The lowest BCUT2D eigenvalue weighted by Crippen LogP contribution is -2.33. The van der Waals surface area contributed by atoms with Crippen molar-refractivity contribution < 1.29 is 20.1 Å². The lowest BCUT2D eigenvalue weighted by molar-refractivity contribution is -0.0511. The van der Waals surface area contributed by atoms with Gasteiger partial charge in [0.1, 0.15) is 23.8 Å². The van der Waals surface area contributed by atoms with Gasteiger partial charge in [-0.05, 0) is 18.4 Å². The monoisotopic (exact) mass is 400 g/mol. The molecule has 0 radical (unpaired) electrons. The zero-order chi connectivity index (χ0) is 20.4. The highest BCUT2D eigenvalue weighted by Crippen LogP contribution is 2.32. The molecule has 0 aliphatic carbocycles. The summed E-state index contributed by atoms with van der Waals surface area (Å²) in [7, 11) is 0. The molecule has 1 unspecified atom stereocenters. The molecule has 4 rings (SSSR count). The van der Waals surface area contributed by atoms with E-state index in [-0.39, 0.29) is 5.82 Å². The van der Waals surface area contributed by atoms with Crippen LogP contribution < -0.4 is 11.1 Å². The molecule has 154 valence electrons. The van der Waals surface area contributed by atoms with Crippen molar-refractivity contribution in [1.29, 1.82) is 0 Å². The summed E-state index contributed by atoms with van der Waals surface area (Å²) in [4.78, 5) is 12.9. The number of benzene rings is 1. The highest BCUT2D eigenvalue weighted by atomic mass is 16.6. The molecule has 1 fully saturated rings. The molecule has 0 amide bonds. The number of aryl methyl sites for hydroxylation is 1. The van der Waals surface area contributed by atoms with Crippen LogP contribution in [0.3, 0.4) is 0 Å². The zero-order valence-corrected chi connectivity index (χ0v) is 15.7. The Morgan fingerprint density at radius 2 is 1.93 bits per heavy atom. The molecular weight excluding hydrogens is 376 g/mol. The fourth-order valence-electron chi connectivity index (χ4n) is 3.45. The second kappa shape index (κ2) is 8.29. The third kappa shape index (κ3) is 3.87. The highest BCUT2D eigenvalue weighted by molar-refractivity contribution is 5.83. The van der Waals surface area contributed by atoms with Gasteiger partial charge in [0.2, 0.25) is 5.95 Å². The van der Waals surface area contributed by atoms with Gasteiger partial charge in [-0.25, -0.2) is 4.98 Å². The van der Waals surface area contributed by atoms with E-state index in [1.807, 2.05) is 18.2 Å². The lowest BCUT2D eigenvalue weighted by atomic mass is 10.1. The summed E-state index contributed by atoms with van der Waals surface area (Å²) in [6.45, 7) is 0.245. The van der Waals surface area contributed by atoms with E-state index in [2.05, 4.69) is 32.4 Å². The minimum Gasteiger partial charge on any atom is -0.394 e.